The molecule has 1 fully saturated rings. The first kappa shape index (κ1) is 21.4. The van der Waals surface area contributed by atoms with Crippen LogP contribution >= 0.6 is 0 Å². The number of rotatable bonds is 6. The average molecular weight is 441 g/mol. The largest absolute Gasteiger partial charge is 0.573 e. The van der Waals surface area contributed by atoms with Crippen LogP contribution in [-0.4, -0.2) is 34.7 Å². The molecular formula is C23H18F3N3O3. The maximum atomic E-state index is 12.9. The van der Waals surface area contributed by atoms with Gasteiger partial charge in [0.2, 0.25) is 0 Å². The molecule has 6 nitrogen and oxygen atoms in total. The van der Waals surface area contributed by atoms with Gasteiger partial charge in [-0.3, -0.25) is 9.78 Å². The van der Waals surface area contributed by atoms with E-state index in [0.717, 1.165) is 33.7 Å². The van der Waals surface area contributed by atoms with E-state index in [1.807, 2.05) is 36.4 Å². The molecule has 1 aliphatic heterocycles. The van der Waals surface area contributed by atoms with Crippen LogP contribution in [0.4, 0.5) is 23.7 Å². The van der Waals surface area contributed by atoms with Crippen LogP contribution in [0.15, 0.2) is 73.1 Å². The van der Waals surface area contributed by atoms with Gasteiger partial charge in [-0.2, -0.15) is 0 Å². The summed E-state index contributed by atoms with van der Waals surface area (Å²) in [6.45, 7) is 0.0771. The number of pyridine rings is 1. The molecule has 1 aromatic heterocycles. The highest BCUT2D eigenvalue weighted by molar-refractivity contribution is 6.19. The van der Waals surface area contributed by atoms with Gasteiger partial charge in [0, 0.05) is 18.9 Å². The summed E-state index contributed by atoms with van der Waals surface area (Å²) in [6.07, 6.45) is -0.824. The molecule has 164 valence electrons. The van der Waals surface area contributed by atoms with Gasteiger partial charge in [0.15, 0.2) is 0 Å². The fraction of sp³-hybridized carbons (Fsp3) is 0.174. The number of benzene rings is 2. The molecule has 2 heterocycles. The molecule has 3 aromatic rings. The predicted octanol–water partition coefficient (Wildman–Crippen LogP) is 4.54. The Morgan fingerprint density at radius 1 is 0.938 bits per heavy atom. The summed E-state index contributed by atoms with van der Waals surface area (Å²) in [5, 5.41) is 0. The Morgan fingerprint density at radius 3 is 2.34 bits per heavy atom. The van der Waals surface area contributed by atoms with Crippen molar-refractivity contribution in [3.05, 3.63) is 89.7 Å². The molecule has 9 heteroatoms. The fourth-order valence-electron chi connectivity index (χ4n) is 3.52. The van der Waals surface area contributed by atoms with Gasteiger partial charge < -0.3 is 9.64 Å². The van der Waals surface area contributed by atoms with Gasteiger partial charge in [-0.25, -0.2) is 9.69 Å². The maximum absolute atomic E-state index is 12.9. The number of ether oxygens (including phenoxy) is 1. The van der Waals surface area contributed by atoms with Crippen LogP contribution in [-0.2, 0) is 17.8 Å². The van der Waals surface area contributed by atoms with E-state index in [1.54, 1.807) is 12.4 Å². The van der Waals surface area contributed by atoms with Gasteiger partial charge in [0.05, 0.1) is 5.69 Å². The first-order valence-corrected chi connectivity index (χ1v) is 9.73. The lowest BCUT2D eigenvalue weighted by molar-refractivity contribution is -0.274. The maximum Gasteiger partial charge on any atom is 0.573 e. The van der Waals surface area contributed by atoms with Gasteiger partial charge in [-0.15, -0.1) is 13.2 Å². The number of halogens is 3. The molecule has 0 atom stereocenters. The average Bonchev–Trinajstić information content (AvgIpc) is 3.03. The quantitative estimate of drug-likeness (QED) is 0.527. The van der Waals surface area contributed by atoms with E-state index < -0.39 is 24.1 Å². The summed E-state index contributed by atoms with van der Waals surface area (Å²) in [6, 6.07) is 15.7. The molecule has 0 spiro atoms. The molecule has 2 aromatic carbocycles. The normalized spacial score (nSPS) is 14.2. The van der Waals surface area contributed by atoms with E-state index >= 15 is 0 Å². The number of imide groups is 1. The van der Waals surface area contributed by atoms with Crippen LogP contribution in [0.3, 0.4) is 0 Å². The summed E-state index contributed by atoms with van der Waals surface area (Å²) in [4.78, 5) is 31.9. The lowest BCUT2D eigenvalue weighted by Crippen LogP contribution is -2.33. The second-order valence-corrected chi connectivity index (χ2v) is 7.22. The third-order valence-corrected chi connectivity index (χ3v) is 4.97. The molecule has 0 unspecified atom stereocenters. The highest BCUT2D eigenvalue weighted by Gasteiger charge is 2.37. The number of carbonyl (C=O) groups is 2. The Kier molecular flexibility index (Phi) is 5.81. The molecule has 32 heavy (non-hydrogen) atoms. The van der Waals surface area contributed by atoms with Crippen molar-refractivity contribution in [2.75, 3.05) is 11.4 Å². The van der Waals surface area contributed by atoms with Crippen LogP contribution in [0.1, 0.15) is 16.7 Å². The number of alkyl halides is 3. The minimum absolute atomic E-state index is 0.132. The van der Waals surface area contributed by atoms with E-state index in [4.69, 9.17) is 0 Å². The van der Waals surface area contributed by atoms with E-state index in [-0.39, 0.29) is 18.8 Å². The molecular weight excluding hydrogens is 423 g/mol. The molecule has 0 aliphatic carbocycles. The van der Waals surface area contributed by atoms with Crippen LogP contribution < -0.4 is 9.64 Å². The van der Waals surface area contributed by atoms with E-state index in [9.17, 15) is 22.8 Å². The smallest absolute Gasteiger partial charge is 0.406 e. The molecule has 0 bridgehead atoms. The van der Waals surface area contributed by atoms with Crippen molar-refractivity contribution in [2.24, 2.45) is 0 Å². The van der Waals surface area contributed by atoms with Crippen LogP contribution in [0.5, 0.6) is 5.75 Å². The van der Waals surface area contributed by atoms with Gasteiger partial charge >= 0.3 is 12.4 Å². The number of aromatic nitrogens is 1. The van der Waals surface area contributed by atoms with Crippen molar-refractivity contribution in [3.63, 3.8) is 0 Å². The second kappa shape index (κ2) is 8.70. The van der Waals surface area contributed by atoms with Gasteiger partial charge in [0.25, 0.3) is 5.91 Å². The summed E-state index contributed by atoms with van der Waals surface area (Å²) >= 11 is 0. The number of carbonyl (C=O) groups excluding carboxylic acids is 2. The Morgan fingerprint density at radius 2 is 1.66 bits per heavy atom. The number of anilines is 1. The van der Waals surface area contributed by atoms with Crippen molar-refractivity contribution in [1.29, 1.82) is 0 Å². The van der Waals surface area contributed by atoms with Crippen LogP contribution in [0.25, 0.3) is 0 Å². The zero-order chi connectivity index (χ0) is 22.7. The van der Waals surface area contributed by atoms with Crippen molar-refractivity contribution in [2.45, 2.75) is 19.3 Å². The van der Waals surface area contributed by atoms with Crippen molar-refractivity contribution < 1.29 is 27.5 Å². The number of urea groups is 1. The Bertz CT molecular complexity index is 1120. The van der Waals surface area contributed by atoms with Gasteiger partial charge in [0.1, 0.15) is 12.3 Å². The van der Waals surface area contributed by atoms with Gasteiger partial charge in [-0.05, 0) is 53.4 Å². The highest BCUT2D eigenvalue weighted by atomic mass is 19.4. The van der Waals surface area contributed by atoms with E-state index in [0.29, 0.717) is 6.42 Å². The molecule has 1 saturated heterocycles. The molecule has 0 saturated carbocycles. The number of nitrogens with zero attached hydrogens (tertiary/aromatic N) is 3. The number of hydrogen-bond acceptors (Lipinski definition) is 4. The van der Waals surface area contributed by atoms with Crippen LogP contribution in [0.2, 0.25) is 0 Å². The summed E-state index contributed by atoms with van der Waals surface area (Å²) < 4.78 is 40.9. The number of amides is 3. The third kappa shape index (κ3) is 4.88. The third-order valence-electron chi connectivity index (χ3n) is 4.97. The monoisotopic (exact) mass is 441 g/mol. The summed E-state index contributed by atoms with van der Waals surface area (Å²) in [7, 11) is 0. The Labute approximate surface area is 181 Å². The number of hydrogen-bond donors (Lipinski definition) is 0. The molecule has 4 rings (SSSR count). The zero-order valence-electron chi connectivity index (χ0n) is 16.7. The highest BCUT2D eigenvalue weighted by Crippen LogP contribution is 2.28. The van der Waals surface area contributed by atoms with E-state index in [2.05, 4.69) is 9.72 Å². The summed E-state index contributed by atoms with van der Waals surface area (Å²) in [5.41, 5.74) is 3.07. The SMILES string of the molecule is O=C1CN(Cc2ccncc2Cc2ccccc2)C(=O)N1c1ccc(OC(F)(F)F)cc1. The topological polar surface area (TPSA) is 62.7 Å². The van der Waals surface area contributed by atoms with Crippen molar-refractivity contribution in [3.8, 4) is 5.75 Å². The van der Waals surface area contributed by atoms with Crippen molar-refractivity contribution in [1.82, 2.24) is 9.88 Å². The lowest BCUT2D eigenvalue weighted by Gasteiger charge is -2.19. The molecule has 0 radical (unpaired) electrons. The first-order valence-electron chi connectivity index (χ1n) is 9.73. The van der Waals surface area contributed by atoms with Gasteiger partial charge in [-0.1, -0.05) is 30.3 Å². The Hall–Kier alpha value is -3.88. The molecule has 1 aliphatic rings. The van der Waals surface area contributed by atoms with E-state index in [1.165, 1.54) is 17.0 Å². The second-order valence-electron chi connectivity index (χ2n) is 7.22. The first-order chi connectivity index (χ1) is 15.3. The lowest BCUT2D eigenvalue weighted by atomic mass is 10.0. The molecule has 0 N–H and O–H groups in total. The predicted molar refractivity (Wildman–Crippen MR) is 110 cm³/mol. The minimum atomic E-state index is -4.82. The fourth-order valence-corrected chi connectivity index (χ4v) is 3.52. The zero-order valence-corrected chi connectivity index (χ0v) is 16.7. The summed E-state index contributed by atoms with van der Waals surface area (Å²) in [5.74, 6) is -0.891. The van der Waals surface area contributed by atoms with Crippen LogP contribution in [0, 0.1) is 0 Å². The standard InChI is InChI=1S/C23H18F3N3O3/c24-23(25,26)32-20-8-6-19(7-9-20)29-21(30)15-28(22(29)31)14-17-10-11-27-13-18(17)12-16-4-2-1-3-5-16/h1-11,13H,12,14-15H2. The minimum Gasteiger partial charge on any atom is -0.406 e. The Balaban J connectivity index is 1.49. The molecule has 3 amide bonds. The van der Waals surface area contributed by atoms with Crippen molar-refractivity contribution >= 4 is 17.6 Å².